The Bertz CT molecular complexity index is 519. The van der Waals surface area contributed by atoms with Crippen molar-refractivity contribution in [1.29, 1.82) is 0 Å². The minimum Gasteiger partial charge on any atom is -0.486 e. The molecule has 0 saturated carbocycles. The van der Waals surface area contributed by atoms with E-state index < -0.39 is 12.8 Å². The van der Waals surface area contributed by atoms with Crippen LogP contribution < -0.4 is 14.8 Å². The smallest absolute Gasteiger partial charge is 0.411 e. The van der Waals surface area contributed by atoms with E-state index in [-0.39, 0.29) is 25.5 Å². The summed E-state index contributed by atoms with van der Waals surface area (Å²) >= 11 is 0. The van der Waals surface area contributed by atoms with Gasteiger partial charge in [0.25, 0.3) is 0 Å². The lowest BCUT2D eigenvalue weighted by molar-refractivity contribution is -0.174. The summed E-state index contributed by atoms with van der Waals surface area (Å²) < 4.78 is 50.7. The Kier molecular flexibility index (Phi) is 5.48. The van der Waals surface area contributed by atoms with Gasteiger partial charge in [0, 0.05) is 13.0 Å². The number of benzene rings is 1. The molecule has 1 aliphatic rings. The summed E-state index contributed by atoms with van der Waals surface area (Å²) in [6.07, 6.45) is -4.50. The zero-order valence-electron chi connectivity index (χ0n) is 11.7. The Labute approximate surface area is 125 Å². The minimum atomic E-state index is -4.37. The summed E-state index contributed by atoms with van der Waals surface area (Å²) in [7, 11) is 0. The molecule has 2 rings (SSSR count). The van der Waals surface area contributed by atoms with Gasteiger partial charge in [0.1, 0.15) is 19.8 Å². The fraction of sp³-hybridized carbons (Fsp3) is 0.500. The molecule has 1 aliphatic heterocycles. The third-order valence-corrected chi connectivity index (χ3v) is 2.84. The summed E-state index contributed by atoms with van der Waals surface area (Å²) in [5.74, 6) is 0.894. The van der Waals surface area contributed by atoms with Crippen LogP contribution in [0.1, 0.15) is 12.0 Å². The van der Waals surface area contributed by atoms with Crippen LogP contribution in [0.25, 0.3) is 0 Å². The van der Waals surface area contributed by atoms with Gasteiger partial charge in [-0.1, -0.05) is 6.07 Å². The molecule has 0 saturated heterocycles. The van der Waals surface area contributed by atoms with Crippen molar-refractivity contribution in [1.82, 2.24) is 5.32 Å². The predicted octanol–water partition coefficient (Wildman–Crippen LogP) is 2.04. The van der Waals surface area contributed by atoms with E-state index in [1.165, 1.54) is 0 Å². The molecule has 0 aromatic heterocycles. The number of hydrogen-bond donors (Lipinski definition) is 1. The molecule has 0 fully saturated rings. The first-order chi connectivity index (χ1) is 10.4. The molecule has 0 aliphatic carbocycles. The fourth-order valence-electron chi connectivity index (χ4n) is 1.84. The van der Waals surface area contributed by atoms with Crippen LogP contribution in [0.15, 0.2) is 18.2 Å². The third kappa shape index (κ3) is 5.44. The molecule has 8 heteroatoms. The minimum absolute atomic E-state index is 0.124. The van der Waals surface area contributed by atoms with E-state index in [9.17, 15) is 18.0 Å². The quantitative estimate of drug-likeness (QED) is 0.815. The second-order valence-corrected chi connectivity index (χ2v) is 4.67. The number of halogens is 3. The van der Waals surface area contributed by atoms with Crippen molar-refractivity contribution in [3.8, 4) is 11.5 Å². The molecule has 0 atom stereocenters. The summed E-state index contributed by atoms with van der Waals surface area (Å²) in [5, 5.41) is 2.61. The van der Waals surface area contributed by atoms with Gasteiger partial charge in [-0.3, -0.25) is 4.79 Å². The van der Waals surface area contributed by atoms with Gasteiger partial charge < -0.3 is 19.5 Å². The van der Waals surface area contributed by atoms with E-state index in [1.54, 1.807) is 18.2 Å². The van der Waals surface area contributed by atoms with Crippen LogP contribution >= 0.6 is 0 Å². The molecule has 1 aromatic carbocycles. The average molecular weight is 319 g/mol. The number of carbonyl (C=O) groups excluding carboxylic acids is 1. The number of rotatable bonds is 6. The van der Waals surface area contributed by atoms with Crippen LogP contribution in [0, 0.1) is 0 Å². The number of amides is 1. The van der Waals surface area contributed by atoms with Crippen LogP contribution in [-0.4, -0.2) is 38.5 Å². The van der Waals surface area contributed by atoms with Crippen molar-refractivity contribution in [2.24, 2.45) is 0 Å². The second-order valence-electron chi connectivity index (χ2n) is 4.67. The van der Waals surface area contributed by atoms with Crippen molar-refractivity contribution in [2.45, 2.75) is 19.1 Å². The Balaban J connectivity index is 1.70. The zero-order valence-corrected chi connectivity index (χ0v) is 11.7. The Morgan fingerprint density at radius 3 is 2.68 bits per heavy atom. The van der Waals surface area contributed by atoms with E-state index >= 15 is 0 Å². The second kappa shape index (κ2) is 7.35. The van der Waals surface area contributed by atoms with Crippen LogP contribution in [-0.2, 0) is 16.1 Å². The standard InChI is InChI=1S/C14H16F3NO4/c15-14(16,17)9-20-4-3-13(19)18-8-10-1-2-11-12(7-10)22-6-5-21-11/h1-2,7H,3-6,8-9H2,(H,18,19). The molecule has 1 amide bonds. The van der Waals surface area contributed by atoms with Crippen molar-refractivity contribution in [2.75, 3.05) is 26.4 Å². The summed E-state index contributed by atoms with van der Waals surface area (Å²) in [4.78, 5) is 11.5. The molecule has 0 radical (unpaired) electrons. The number of hydrogen-bond acceptors (Lipinski definition) is 4. The molecule has 5 nitrogen and oxygen atoms in total. The van der Waals surface area contributed by atoms with Gasteiger partial charge in [-0.25, -0.2) is 0 Å². The highest BCUT2D eigenvalue weighted by Crippen LogP contribution is 2.30. The average Bonchev–Trinajstić information content (AvgIpc) is 2.48. The van der Waals surface area contributed by atoms with Gasteiger partial charge in [0.05, 0.1) is 6.61 Å². The molecule has 0 spiro atoms. The van der Waals surface area contributed by atoms with Gasteiger partial charge in [0.2, 0.25) is 5.91 Å². The maximum atomic E-state index is 11.8. The Morgan fingerprint density at radius 1 is 1.23 bits per heavy atom. The lowest BCUT2D eigenvalue weighted by atomic mass is 10.2. The topological polar surface area (TPSA) is 56.8 Å². The van der Waals surface area contributed by atoms with Gasteiger partial charge >= 0.3 is 6.18 Å². The van der Waals surface area contributed by atoms with E-state index in [0.29, 0.717) is 24.7 Å². The number of carbonyl (C=O) groups is 1. The SMILES string of the molecule is O=C(CCOCC(F)(F)F)NCc1ccc2c(c1)OCCO2. The normalized spacial score (nSPS) is 13.8. The summed E-state index contributed by atoms with van der Waals surface area (Å²) in [6.45, 7) is -0.385. The molecule has 1 N–H and O–H groups in total. The van der Waals surface area contributed by atoms with Crippen molar-refractivity contribution >= 4 is 5.91 Å². The van der Waals surface area contributed by atoms with Crippen LogP contribution in [0.5, 0.6) is 11.5 Å². The molecular weight excluding hydrogens is 303 g/mol. The zero-order chi connectivity index (χ0) is 16.0. The molecule has 22 heavy (non-hydrogen) atoms. The van der Waals surface area contributed by atoms with Crippen LogP contribution in [0.2, 0.25) is 0 Å². The molecular formula is C14H16F3NO4. The Hall–Kier alpha value is -1.96. The third-order valence-electron chi connectivity index (χ3n) is 2.84. The monoisotopic (exact) mass is 319 g/mol. The van der Waals surface area contributed by atoms with Crippen molar-refractivity contribution in [3.63, 3.8) is 0 Å². The lowest BCUT2D eigenvalue weighted by Gasteiger charge is -2.19. The van der Waals surface area contributed by atoms with Gasteiger partial charge in [0.15, 0.2) is 11.5 Å². The first-order valence-electron chi connectivity index (χ1n) is 6.74. The predicted molar refractivity (Wildman–Crippen MR) is 70.8 cm³/mol. The first kappa shape index (κ1) is 16.4. The van der Waals surface area contributed by atoms with Gasteiger partial charge in [-0.15, -0.1) is 0 Å². The largest absolute Gasteiger partial charge is 0.486 e. The molecule has 0 bridgehead atoms. The Morgan fingerprint density at radius 2 is 1.95 bits per heavy atom. The van der Waals surface area contributed by atoms with Gasteiger partial charge in [-0.2, -0.15) is 13.2 Å². The lowest BCUT2D eigenvalue weighted by Crippen LogP contribution is -2.25. The highest BCUT2D eigenvalue weighted by molar-refractivity contribution is 5.75. The molecule has 0 unspecified atom stereocenters. The highest BCUT2D eigenvalue weighted by atomic mass is 19.4. The van der Waals surface area contributed by atoms with E-state index in [4.69, 9.17) is 9.47 Å². The fourth-order valence-corrected chi connectivity index (χ4v) is 1.84. The summed E-state index contributed by atoms with van der Waals surface area (Å²) in [6, 6.07) is 5.30. The van der Waals surface area contributed by atoms with E-state index in [0.717, 1.165) is 5.56 Å². The maximum absolute atomic E-state index is 11.8. The van der Waals surface area contributed by atoms with Crippen LogP contribution in [0.3, 0.4) is 0 Å². The molecule has 1 aromatic rings. The number of fused-ring (bicyclic) bond motifs is 1. The van der Waals surface area contributed by atoms with E-state index in [1.807, 2.05) is 0 Å². The van der Waals surface area contributed by atoms with Crippen molar-refractivity contribution in [3.05, 3.63) is 23.8 Å². The maximum Gasteiger partial charge on any atom is 0.411 e. The van der Waals surface area contributed by atoms with Crippen LogP contribution in [0.4, 0.5) is 13.2 Å². The number of nitrogens with one attached hydrogen (secondary N) is 1. The molecule has 122 valence electrons. The van der Waals surface area contributed by atoms with Crippen molar-refractivity contribution < 1.29 is 32.2 Å². The van der Waals surface area contributed by atoms with Gasteiger partial charge in [-0.05, 0) is 17.7 Å². The highest BCUT2D eigenvalue weighted by Gasteiger charge is 2.27. The first-order valence-corrected chi connectivity index (χ1v) is 6.74. The van der Waals surface area contributed by atoms with E-state index in [2.05, 4.69) is 10.1 Å². The summed E-state index contributed by atoms with van der Waals surface area (Å²) in [5.41, 5.74) is 0.814. The number of alkyl halides is 3. The molecule has 1 heterocycles. The number of ether oxygens (including phenoxy) is 3.